The average Bonchev–Trinajstić information content (AvgIpc) is 3.60. The first-order valence-electron chi connectivity index (χ1n) is 11.1. The molecule has 0 unspecified atom stereocenters. The fraction of sp³-hybridized carbons (Fsp3) is 0.292. The number of aryl methyl sites for hydroxylation is 2. The van der Waals surface area contributed by atoms with Crippen molar-refractivity contribution in [3.63, 3.8) is 0 Å². The molecular weight excluding hydrogens is 470 g/mol. The van der Waals surface area contributed by atoms with E-state index in [1.54, 1.807) is 40.3 Å². The summed E-state index contributed by atoms with van der Waals surface area (Å²) in [6.07, 6.45) is 1.80. The van der Waals surface area contributed by atoms with Gasteiger partial charge in [0, 0.05) is 26.7 Å². The fourth-order valence-corrected chi connectivity index (χ4v) is 6.51. The van der Waals surface area contributed by atoms with Gasteiger partial charge in [0.2, 0.25) is 10.0 Å². The van der Waals surface area contributed by atoms with Crippen molar-refractivity contribution in [3.05, 3.63) is 64.7 Å². The summed E-state index contributed by atoms with van der Waals surface area (Å²) in [5, 5.41) is 10.1. The van der Waals surface area contributed by atoms with E-state index in [1.165, 1.54) is 4.31 Å². The van der Waals surface area contributed by atoms with Gasteiger partial charge in [0.1, 0.15) is 0 Å². The fourth-order valence-electron chi connectivity index (χ4n) is 4.31. The van der Waals surface area contributed by atoms with Crippen LogP contribution in [0.25, 0.3) is 21.6 Å². The van der Waals surface area contributed by atoms with E-state index in [0.717, 1.165) is 40.1 Å². The lowest BCUT2D eigenvalue weighted by Crippen LogP contribution is -2.28. The van der Waals surface area contributed by atoms with Gasteiger partial charge in [0.15, 0.2) is 5.65 Å². The van der Waals surface area contributed by atoms with Gasteiger partial charge < -0.3 is 5.32 Å². The van der Waals surface area contributed by atoms with Gasteiger partial charge in [-0.1, -0.05) is 18.2 Å². The molecule has 1 amide bonds. The second kappa shape index (κ2) is 8.94. The molecule has 1 aliphatic rings. The third-order valence-electron chi connectivity index (χ3n) is 6.07. The van der Waals surface area contributed by atoms with Crippen molar-refractivity contribution in [2.24, 2.45) is 7.05 Å². The summed E-state index contributed by atoms with van der Waals surface area (Å²) in [6, 6.07) is 12.5. The maximum atomic E-state index is 13.2. The number of carbonyl (C=O) groups is 1. The predicted molar refractivity (Wildman–Crippen MR) is 132 cm³/mol. The first-order valence-corrected chi connectivity index (χ1v) is 13.4. The molecule has 0 saturated carbocycles. The molecule has 176 valence electrons. The van der Waals surface area contributed by atoms with E-state index in [2.05, 4.69) is 10.4 Å². The molecule has 34 heavy (non-hydrogen) atoms. The highest BCUT2D eigenvalue weighted by Crippen LogP contribution is 2.29. The molecule has 4 heterocycles. The first-order chi connectivity index (χ1) is 16.3. The third kappa shape index (κ3) is 4.13. The molecule has 4 aromatic rings. The predicted octanol–water partition coefficient (Wildman–Crippen LogP) is 3.72. The van der Waals surface area contributed by atoms with Crippen LogP contribution in [0, 0.1) is 6.92 Å². The van der Waals surface area contributed by atoms with Crippen molar-refractivity contribution >= 4 is 38.3 Å². The van der Waals surface area contributed by atoms with E-state index in [1.807, 2.05) is 37.6 Å². The molecule has 1 N–H and O–H groups in total. The normalized spacial score (nSPS) is 14.6. The molecule has 0 bridgehead atoms. The van der Waals surface area contributed by atoms with Crippen molar-refractivity contribution in [2.75, 3.05) is 13.1 Å². The van der Waals surface area contributed by atoms with E-state index in [-0.39, 0.29) is 17.3 Å². The van der Waals surface area contributed by atoms with Gasteiger partial charge in [0.25, 0.3) is 5.91 Å². The number of rotatable bonds is 6. The van der Waals surface area contributed by atoms with Crippen LogP contribution >= 0.6 is 11.3 Å². The molecule has 5 rings (SSSR count). The van der Waals surface area contributed by atoms with Gasteiger partial charge in [-0.25, -0.2) is 13.4 Å². The van der Waals surface area contributed by atoms with Gasteiger partial charge in [-0.2, -0.15) is 9.40 Å². The zero-order valence-corrected chi connectivity index (χ0v) is 20.6. The lowest BCUT2D eigenvalue weighted by Gasteiger charge is -2.15. The minimum Gasteiger partial charge on any atom is -0.348 e. The lowest BCUT2D eigenvalue weighted by atomic mass is 10.1. The minimum absolute atomic E-state index is 0.227. The Balaban J connectivity index is 1.38. The molecule has 3 aromatic heterocycles. The highest BCUT2D eigenvalue weighted by molar-refractivity contribution is 7.89. The number of sulfonamides is 1. The zero-order valence-electron chi connectivity index (χ0n) is 19.0. The average molecular weight is 496 g/mol. The molecule has 10 heteroatoms. The Bertz CT molecular complexity index is 1450. The van der Waals surface area contributed by atoms with Gasteiger partial charge in [-0.05, 0) is 55.0 Å². The van der Waals surface area contributed by atoms with Crippen molar-refractivity contribution in [1.29, 1.82) is 0 Å². The van der Waals surface area contributed by atoms with Gasteiger partial charge in [0.05, 0.1) is 32.1 Å². The zero-order chi connectivity index (χ0) is 23.9. The summed E-state index contributed by atoms with van der Waals surface area (Å²) in [6.45, 7) is 3.29. The van der Waals surface area contributed by atoms with Crippen LogP contribution in [0.2, 0.25) is 0 Å². The molecule has 8 nitrogen and oxygen atoms in total. The summed E-state index contributed by atoms with van der Waals surface area (Å²) in [4.78, 5) is 19.2. The summed E-state index contributed by atoms with van der Waals surface area (Å²) in [5.41, 5.74) is 3.47. The van der Waals surface area contributed by atoms with Crippen LogP contribution < -0.4 is 5.32 Å². The second-order valence-electron chi connectivity index (χ2n) is 8.38. The number of hydrogen-bond donors (Lipinski definition) is 1. The largest absolute Gasteiger partial charge is 0.348 e. The summed E-state index contributed by atoms with van der Waals surface area (Å²) >= 11 is 1.56. The highest BCUT2D eigenvalue weighted by atomic mass is 32.2. The Kier molecular flexibility index (Phi) is 5.97. The monoisotopic (exact) mass is 495 g/mol. The SMILES string of the molecule is Cc1nn(C)c2nc(-c3cccs3)cc(C(=O)NCc3ccc(S(=O)(=O)N4CCCC4)cc3)c12. The van der Waals surface area contributed by atoms with E-state index >= 15 is 0 Å². The Morgan fingerprint density at radius 2 is 1.88 bits per heavy atom. The number of nitrogens with zero attached hydrogens (tertiary/aromatic N) is 4. The van der Waals surface area contributed by atoms with Gasteiger partial charge >= 0.3 is 0 Å². The maximum absolute atomic E-state index is 13.2. The smallest absolute Gasteiger partial charge is 0.252 e. The van der Waals surface area contributed by atoms with Crippen molar-refractivity contribution in [3.8, 4) is 10.6 Å². The molecule has 0 spiro atoms. The Labute approximate surface area is 202 Å². The van der Waals surface area contributed by atoms with Crippen LogP contribution in [0.1, 0.15) is 34.5 Å². The van der Waals surface area contributed by atoms with Crippen molar-refractivity contribution < 1.29 is 13.2 Å². The molecule has 0 aliphatic carbocycles. The highest BCUT2D eigenvalue weighted by Gasteiger charge is 2.27. The second-order valence-corrected chi connectivity index (χ2v) is 11.3. The molecule has 1 fully saturated rings. The van der Waals surface area contributed by atoms with E-state index in [0.29, 0.717) is 24.3 Å². The summed E-state index contributed by atoms with van der Waals surface area (Å²) in [7, 11) is -1.63. The topological polar surface area (TPSA) is 97.2 Å². The quantitative estimate of drug-likeness (QED) is 0.440. The molecule has 1 aromatic carbocycles. The summed E-state index contributed by atoms with van der Waals surface area (Å²) < 4.78 is 28.7. The molecule has 1 aliphatic heterocycles. The van der Waals surface area contributed by atoms with Gasteiger partial charge in [-0.3, -0.25) is 9.48 Å². The van der Waals surface area contributed by atoms with E-state index < -0.39 is 10.0 Å². The van der Waals surface area contributed by atoms with Crippen LogP contribution in [0.15, 0.2) is 52.7 Å². The number of pyridine rings is 1. The Morgan fingerprint density at radius 1 is 1.15 bits per heavy atom. The number of nitrogens with one attached hydrogen (secondary N) is 1. The standard InChI is InChI=1S/C24H25N5O3S2/c1-16-22-19(14-20(21-6-5-13-33-21)26-23(22)28(2)27-16)24(30)25-15-17-7-9-18(10-8-17)34(31,32)29-11-3-4-12-29/h5-10,13-14H,3-4,11-12,15H2,1-2H3,(H,25,30). The number of thiophene rings is 1. The molecular formula is C24H25N5O3S2. The number of aromatic nitrogens is 3. The Hall–Kier alpha value is -3.08. The maximum Gasteiger partial charge on any atom is 0.252 e. The summed E-state index contributed by atoms with van der Waals surface area (Å²) in [5.74, 6) is -0.227. The van der Waals surface area contributed by atoms with E-state index in [9.17, 15) is 13.2 Å². The number of benzene rings is 1. The van der Waals surface area contributed by atoms with Crippen molar-refractivity contribution in [2.45, 2.75) is 31.2 Å². The number of hydrogen-bond acceptors (Lipinski definition) is 6. The number of carbonyl (C=O) groups excluding carboxylic acids is 1. The molecule has 1 saturated heterocycles. The number of amides is 1. The number of fused-ring (bicyclic) bond motifs is 1. The molecule has 0 radical (unpaired) electrons. The lowest BCUT2D eigenvalue weighted by molar-refractivity contribution is 0.0952. The third-order valence-corrected chi connectivity index (χ3v) is 8.87. The first kappa shape index (κ1) is 22.7. The van der Waals surface area contributed by atoms with Crippen LogP contribution in [0.5, 0.6) is 0 Å². The van der Waals surface area contributed by atoms with Crippen molar-refractivity contribution in [1.82, 2.24) is 24.4 Å². The van der Waals surface area contributed by atoms with E-state index in [4.69, 9.17) is 4.98 Å². The van der Waals surface area contributed by atoms with Crippen LogP contribution in [0.4, 0.5) is 0 Å². The van der Waals surface area contributed by atoms with Crippen LogP contribution in [-0.4, -0.2) is 46.5 Å². The Morgan fingerprint density at radius 3 is 2.56 bits per heavy atom. The minimum atomic E-state index is -3.45. The van der Waals surface area contributed by atoms with Crippen LogP contribution in [0.3, 0.4) is 0 Å². The van der Waals surface area contributed by atoms with Gasteiger partial charge in [-0.15, -0.1) is 11.3 Å². The van der Waals surface area contributed by atoms with Crippen LogP contribution in [-0.2, 0) is 23.6 Å². The molecule has 0 atom stereocenters.